The predicted molar refractivity (Wildman–Crippen MR) is 198 cm³/mol. The molecule has 6 nitrogen and oxygen atoms in total. The molecule has 4 rings (SSSR count). The molecular weight excluding hydrogens is 641 g/mol. The van der Waals surface area contributed by atoms with Gasteiger partial charge in [0.25, 0.3) is 0 Å². The van der Waals surface area contributed by atoms with E-state index in [0.717, 1.165) is 11.1 Å². The van der Waals surface area contributed by atoms with E-state index in [-0.39, 0.29) is 0 Å². The van der Waals surface area contributed by atoms with Crippen LogP contribution in [0.5, 0.6) is 0 Å². The largest absolute Gasteiger partial charge is 0.415 e. The molecule has 0 amide bonds. The predicted octanol–water partition coefficient (Wildman–Crippen LogP) is 8.19. The first-order valence-electron chi connectivity index (χ1n) is 16.8. The second kappa shape index (κ2) is 13.9. The summed E-state index contributed by atoms with van der Waals surface area (Å²) in [6.07, 6.45) is 6.79. The maximum atomic E-state index is 13.0. The van der Waals surface area contributed by atoms with Crippen molar-refractivity contribution >= 4 is 33.3 Å². The van der Waals surface area contributed by atoms with E-state index in [4.69, 9.17) is 28.9 Å². The highest BCUT2D eigenvalue weighted by atomic mass is 28.4. The first-order valence-corrected chi connectivity index (χ1v) is 30.5. The molecule has 1 N–H and O–H groups in total. The van der Waals surface area contributed by atoms with Gasteiger partial charge < -0.3 is 27.5 Å². The highest BCUT2D eigenvalue weighted by molar-refractivity contribution is 6.71. The molecule has 0 aromatic heterocycles. The maximum absolute atomic E-state index is 13.0. The van der Waals surface area contributed by atoms with E-state index in [9.17, 15) is 5.11 Å². The molecule has 46 heavy (non-hydrogen) atoms. The molecule has 0 radical (unpaired) electrons. The van der Waals surface area contributed by atoms with Gasteiger partial charge in [0.2, 0.25) is 5.79 Å². The lowest BCUT2D eigenvalue weighted by atomic mass is 9.86. The summed E-state index contributed by atoms with van der Waals surface area (Å²) in [4.78, 5) is 0. The number of hydrogen-bond acceptors (Lipinski definition) is 6. The van der Waals surface area contributed by atoms with Crippen LogP contribution in [-0.4, -0.2) is 69.4 Å². The summed E-state index contributed by atoms with van der Waals surface area (Å²) in [5.41, 5.74) is 4.94. The Bertz CT molecular complexity index is 1380. The van der Waals surface area contributed by atoms with Crippen LogP contribution in [0.25, 0.3) is 0 Å². The first kappa shape index (κ1) is 37.4. The minimum Gasteiger partial charge on any atom is -0.415 e. The minimum atomic E-state index is -2.25. The third-order valence-corrected chi connectivity index (χ3v) is 11.9. The molecule has 0 spiro atoms. The third-order valence-electron chi connectivity index (χ3n) is 7.94. The van der Waals surface area contributed by atoms with Gasteiger partial charge in [-0.05, 0) is 133 Å². The maximum Gasteiger partial charge on any atom is 0.221 e. The molecule has 10 heteroatoms. The zero-order valence-electron chi connectivity index (χ0n) is 30.3. The van der Waals surface area contributed by atoms with Crippen molar-refractivity contribution in [3.8, 4) is 12.3 Å². The second-order valence-corrected chi connectivity index (χ2v) is 34.9. The minimum absolute atomic E-state index is 0.293. The fraction of sp³-hybridized carbons (Fsp3) is 0.611. The van der Waals surface area contributed by atoms with E-state index >= 15 is 0 Å². The van der Waals surface area contributed by atoms with Crippen LogP contribution in [0.4, 0.5) is 0 Å². The number of hydrogen-bond donors (Lipinski definition) is 1. The summed E-state index contributed by atoms with van der Waals surface area (Å²) >= 11 is 0. The van der Waals surface area contributed by atoms with Gasteiger partial charge in [0.05, 0.1) is 6.61 Å². The summed E-state index contributed by atoms with van der Waals surface area (Å²) in [7, 11) is -8.46. The number of benzene rings is 2. The molecule has 1 saturated heterocycles. The summed E-state index contributed by atoms with van der Waals surface area (Å²) in [5.74, 6) is 1.75. The number of ether oxygens (including phenoxy) is 1. The Hall–Kier alpha value is -1.37. The van der Waals surface area contributed by atoms with Gasteiger partial charge in [-0.25, -0.2) is 0 Å². The van der Waals surface area contributed by atoms with Crippen LogP contribution in [0, 0.1) is 12.3 Å². The van der Waals surface area contributed by atoms with Gasteiger partial charge in [-0.3, -0.25) is 0 Å². The topological polar surface area (TPSA) is 66.4 Å². The van der Waals surface area contributed by atoms with Crippen molar-refractivity contribution in [1.82, 2.24) is 0 Å². The quantitative estimate of drug-likeness (QED) is 0.168. The number of terminal acetylenes is 1. The van der Waals surface area contributed by atoms with Crippen LogP contribution in [0.3, 0.4) is 0 Å². The summed E-state index contributed by atoms with van der Waals surface area (Å²) in [6, 6.07) is 14.7. The zero-order valence-corrected chi connectivity index (χ0v) is 34.3. The number of aliphatic hydroxyl groups is 1. The average Bonchev–Trinajstić information content (AvgIpc) is 3.75. The van der Waals surface area contributed by atoms with E-state index in [2.05, 4.69) is 109 Å². The van der Waals surface area contributed by atoms with Gasteiger partial charge in [0.15, 0.2) is 33.3 Å². The standard InChI is InChI=1S/C36H58O6Si4/c1-14-27-21-22-31(24-30(27)23-26-15-17-28(18-16-26)29-19-20-29)36(37)35(42-46(11,12)13)34(41-45(8,9)10)33(40-44(5,6)7)32(39-36)25-38-43(2,3)4/h1,15-18,21-22,24,29,32-35,37H,19-20,23,25H2,2-13H3/t32-,33-,34+,35-,36+/m1/s1. The lowest BCUT2D eigenvalue weighted by molar-refractivity contribution is -0.348. The average molecular weight is 699 g/mol. The van der Waals surface area contributed by atoms with Crippen molar-refractivity contribution in [2.24, 2.45) is 0 Å². The van der Waals surface area contributed by atoms with Gasteiger partial charge in [-0.1, -0.05) is 36.3 Å². The van der Waals surface area contributed by atoms with E-state index < -0.39 is 63.5 Å². The van der Waals surface area contributed by atoms with E-state index in [0.29, 0.717) is 24.5 Å². The van der Waals surface area contributed by atoms with Gasteiger partial charge >= 0.3 is 0 Å². The molecule has 1 aliphatic carbocycles. The van der Waals surface area contributed by atoms with Crippen LogP contribution >= 0.6 is 0 Å². The molecule has 1 heterocycles. The third kappa shape index (κ3) is 10.3. The Kier molecular flexibility index (Phi) is 11.3. The monoisotopic (exact) mass is 698 g/mol. The van der Waals surface area contributed by atoms with Crippen molar-refractivity contribution in [1.29, 1.82) is 0 Å². The SMILES string of the molecule is C#Cc1ccc([C@]2(O)O[C@H](CO[Si](C)(C)C)[C@@H](O[Si](C)(C)C)[C@H](O[Si](C)(C)C)[C@H]2O[Si](C)(C)C)cc1Cc1ccc(C2CC2)cc1. The van der Waals surface area contributed by atoms with Crippen molar-refractivity contribution < 1.29 is 27.5 Å². The molecular formula is C36H58O6Si4. The van der Waals surface area contributed by atoms with Crippen LogP contribution < -0.4 is 0 Å². The Morgan fingerprint density at radius 1 is 0.783 bits per heavy atom. The fourth-order valence-electron chi connectivity index (χ4n) is 5.93. The Labute approximate surface area is 283 Å². The molecule has 0 unspecified atom stereocenters. The molecule has 1 aliphatic heterocycles. The molecule has 5 atom stereocenters. The molecule has 254 valence electrons. The van der Waals surface area contributed by atoms with Crippen LogP contribution in [-0.2, 0) is 34.6 Å². The summed E-state index contributed by atoms with van der Waals surface area (Å²) in [5, 5.41) is 13.0. The summed E-state index contributed by atoms with van der Waals surface area (Å²) in [6.45, 7) is 26.2. The van der Waals surface area contributed by atoms with Crippen LogP contribution in [0.2, 0.25) is 78.6 Å². The van der Waals surface area contributed by atoms with E-state index in [1.807, 2.05) is 18.2 Å². The second-order valence-electron chi connectivity index (χ2n) is 17.0. The van der Waals surface area contributed by atoms with Gasteiger partial charge in [-0.15, -0.1) is 6.42 Å². The Morgan fingerprint density at radius 2 is 1.35 bits per heavy atom. The van der Waals surface area contributed by atoms with Gasteiger partial charge in [0.1, 0.15) is 24.4 Å². The van der Waals surface area contributed by atoms with Crippen molar-refractivity contribution in [2.45, 2.75) is 134 Å². The Balaban J connectivity index is 1.84. The fourth-order valence-corrected chi connectivity index (χ4v) is 9.83. The molecule has 1 saturated carbocycles. The molecule has 0 bridgehead atoms. The van der Waals surface area contributed by atoms with Gasteiger partial charge in [0, 0.05) is 11.1 Å². The molecule has 2 aromatic carbocycles. The number of rotatable bonds is 13. The van der Waals surface area contributed by atoms with E-state index in [1.165, 1.54) is 24.0 Å². The highest BCUT2D eigenvalue weighted by Crippen LogP contribution is 2.44. The highest BCUT2D eigenvalue weighted by Gasteiger charge is 2.59. The smallest absolute Gasteiger partial charge is 0.221 e. The van der Waals surface area contributed by atoms with E-state index in [1.54, 1.807) is 0 Å². The van der Waals surface area contributed by atoms with Crippen molar-refractivity contribution in [2.75, 3.05) is 6.61 Å². The van der Waals surface area contributed by atoms with Crippen molar-refractivity contribution in [3.05, 3.63) is 70.3 Å². The summed E-state index contributed by atoms with van der Waals surface area (Å²) < 4.78 is 34.2. The van der Waals surface area contributed by atoms with Crippen LogP contribution in [0.1, 0.15) is 46.6 Å². The van der Waals surface area contributed by atoms with Crippen LogP contribution in [0.15, 0.2) is 42.5 Å². The Morgan fingerprint density at radius 3 is 1.85 bits per heavy atom. The molecule has 2 fully saturated rings. The first-order chi connectivity index (χ1) is 21.1. The lowest BCUT2D eigenvalue weighted by Crippen LogP contribution is -2.69. The zero-order chi connectivity index (χ0) is 34.3. The lowest BCUT2D eigenvalue weighted by Gasteiger charge is -2.54. The van der Waals surface area contributed by atoms with Crippen molar-refractivity contribution in [3.63, 3.8) is 0 Å². The normalized spacial score (nSPS) is 26.2. The molecule has 2 aliphatic rings. The molecule has 2 aromatic rings. The van der Waals surface area contributed by atoms with Gasteiger partial charge in [-0.2, -0.15) is 0 Å².